The van der Waals surface area contributed by atoms with Gasteiger partial charge in [-0.2, -0.15) is 0 Å². The number of aromatic nitrogens is 1. The van der Waals surface area contributed by atoms with Crippen LogP contribution in [0, 0.1) is 0 Å². The molecule has 30 heavy (non-hydrogen) atoms. The summed E-state index contributed by atoms with van der Waals surface area (Å²) in [7, 11) is -3.74. The maximum Gasteiger partial charge on any atom is 0.267 e. The summed E-state index contributed by atoms with van der Waals surface area (Å²) in [5.41, 5.74) is -0.754. The Morgan fingerprint density at radius 1 is 1.07 bits per heavy atom. The third-order valence-electron chi connectivity index (χ3n) is 5.21. The summed E-state index contributed by atoms with van der Waals surface area (Å²) >= 11 is 4.65. The van der Waals surface area contributed by atoms with Gasteiger partial charge in [0.15, 0.2) is 6.29 Å². The number of thioether (sulfide) groups is 3. The van der Waals surface area contributed by atoms with Crippen LogP contribution < -0.4 is 0 Å². The van der Waals surface area contributed by atoms with Gasteiger partial charge in [-0.15, -0.1) is 35.3 Å². The van der Waals surface area contributed by atoms with Crippen LogP contribution in [0.25, 0.3) is 0 Å². The predicted octanol–water partition coefficient (Wildman–Crippen LogP) is 3.81. The van der Waals surface area contributed by atoms with Gasteiger partial charge in [-0.05, 0) is 43.4 Å². The van der Waals surface area contributed by atoms with E-state index in [0.717, 1.165) is 0 Å². The van der Waals surface area contributed by atoms with Gasteiger partial charge in [0, 0.05) is 24.4 Å². The minimum absolute atomic E-state index is 0.203. The zero-order valence-corrected chi connectivity index (χ0v) is 20.5. The summed E-state index contributed by atoms with van der Waals surface area (Å²) in [5, 5.41) is 12.0. The van der Waals surface area contributed by atoms with E-state index in [1.807, 2.05) is 18.8 Å². The monoisotopic (exact) mass is 489 g/mol. The van der Waals surface area contributed by atoms with Gasteiger partial charge in [0.2, 0.25) is 0 Å². The lowest BCUT2D eigenvalue weighted by molar-refractivity contribution is -0.0671. The van der Waals surface area contributed by atoms with Crippen molar-refractivity contribution >= 4 is 45.3 Å². The molecule has 1 saturated heterocycles. The smallest absolute Gasteiger partial charge is 0.267 e. The Morgan fingerprint density at radius 3 is 2.23 bits per heavy atom. The second-order valence-electron chi connectivity index (χ2n) is 6.79. The summed E-state index contributed by atoms with van der Waals surface area (Å²) in [4.78, 5) is 0.203. The highest BCUT2D eigenvalue weighted by Crippen LogP contribution is 2.57. The number of nitrogens with zero attached hydrogens (tertiary/aromatic N) is 1. The van der Waals surface area contributed by atoms with Crippen LogP contribution in [0.5, 0.6) is 0 Å². The minimum atomic E-state index is -3.74. The van der Waals surface area contributed by atoms with Crippen LogP contribution >= 0.6 is 35.3 Å². The van der Waals surface area contributed by atoms with Crippen molar-refractivity contribution in [3.63, 3.8) is 0 Å². The van der Waals surface area contributed by atoms with Gasteiger partial charge < -0.3 is 14.6 Å². The van der Waals surface area contributed by atoms with Crippen molar-refractivity contribution in [3.8, 4) is 0 Å². The molecule has 1 aliphatic heterocycles. The second-order valence-corrected chi connectivity index (χ2v) is 12.5. The van der Waals surface area contributed by atoms with Crippen molar-refractivity contribution < 1.29 is 23.0 Å². The molecule has 0 bridgehead atoms. The molecule has 0 amide bonds. The molecule has 1 N–H and O–H groups in total. The van der Waals surface area contributed by atoms with Crippen LogP contribution in [0.4, 0.5) is 0 Å². The Kier molecular flexibility index (Phi) is 7.92. The molecule has 0 saturated carbocycles. The van der Waals surface area contributed by atoms with Gasteiger partial charge in [-0.25, -0.2) is 12.4 Å². The SMILES string of the molecule is CSC(SC)(SC)C(O)(CCC1OCCO1)c1ccn(S(=O)(=O)c2ccccc2)c1. The molecule has 2 heterocycles. The average Bonchev–Trinajstić information content (AvgIpc) is 3.47. The summed E-state index contributed by atoms with van der Waals surface area (Å²) in [5.74, 6) is 0. The molecule has 1 fully saturated rings. The fraction of sp³-hybridized carbons (Fsp3) is 0.500. The van der Waals surface area contributed by atoms with Crippen molar-refractivity contribution in [3.05, 3.63) is 54.4 Å². The lowest BCUT2D eigenvalue weighted by Gasteiger charge is -2.44. The van der Waals surface area contributed by atoms with Crippen molar-refractivity contribution in [1.29, 1.82) is 0 Å². The highest BCUT2D eigenvalue weighted by atomic mass is 32.3. The van der Waals surface area contributed by atoms with Gasteiger partial charge in [0.05, 0.1) is 18.1 Å². The third kappa shape index (κ3) is 4.46. The van der Waals surface area contributed by atoms with Crippen molar-refractivity contribution in [2.24, 2.45) is 0 Å². The van der Waals surface area contributed by atoms with E-state index in [4.69, 9.17) is 9.47 Å². The molecule has 0 spiro atoms. The van der Waals surface area contributed by atoms with Crippen molar-refractivity contribution in [2.45, 2.75) is 33.0 Å². The summed E-state index contributed by atoms with van der Waals surface area (Å²) < 4.78 is 37.7. The van der Waals surface area contributed by atoms with Gasteiger partial charge in [-0.1, -0.05) is 18.2 Å². The Bertz CT molecular complexity index is 915. The Labute approximate surface area is 191 Å². The predicted molar refractivity (Wildman–Crippen MR) is 126 cm³/mol. The molecule has 166 valence electrons. The normalized spacial score (nSPS) is 17.9. The zero-order chi connectivity index (χ0) is 21.8. The topological polar surface area (TPSA) is 77.8 Å². The first-order valence-electron chi connectivity index (χ1n) is 9.43. The van der Waals surface area contributed by atoms with E-state index < -0.39 is 19.0 Å². The lowest BCUT2D eigenvalue weighted by Crippen LogP contribution is -2.45. The molecule has 6 nitrogen and oxygen atoms in total. The first-order chi connectivity index (χ1) is 14.3. The molecule has 1 aliphatic rings. The zero-order valence-electron chi connectivity index (χ0n) is 17.2. The molecule has 2 aromatic rings. The van der Waals surface area contributed by atoms with Crippen molar-refractivity contribution in [1.82, 2.24) is 3.97 Å². The van der Waals surface area contributed by atoms with Crippen LogP contribution in [0.15, 0.2) is 53.7 Å². The third-order valence-corrected chi connectivity index (χ3v) is 12.5. The second kappa shape index (κ2) is 9.89. The van der Waals surface area contributed by atoms with Crippen LogP contribution in [0.1, 0.15) is 18.4 Å². The van der Waals surface area contributed by atoms with Gasteiger partial charge in [-0.3, -0.25) is 0 Å². The Hall–Kier alpha value is -0.620. The number of rotatable bonds is 10. The molecule has 1 atom stereocenters. The first kappa shape index (κ1) is 24.0. The standard InChI is InChI=1S/C20H27NO5S4/c1-27-20(28-2,29-3)19(22,11-9-18-25-13-14-26-18)16-10-12-21(15-16)30(23,24)17-7-5-4-6-8-17/h4-8,10,12,15,18,22H,9,11,13-14H2,1-3H3. The number of aliphatic hydroxyl groups is 1. The van der Waals surface area contributed by atoms with Crippen molar-refractivity contribution in [2.75, 3.05) is 32.0 Å². The molecule has 1 aromatic carbocycles. The molecule has 0 radical (unpaired) electrons. The molecular weight excluding hydrogens is 462 g/mol. The first-order valence-corrected chi connectivity index (χ1v) is 14.5. The van der Waals surface area contributed by atoms with E-state index in [-0.39, 0.29) is 11.2 Å². The van der Waals surface area contributed by atoms with E-state index >= 15 is 0 Å². The molecule has 10 heteroatoms. The summed E-state index contributed by atoms with van der Waals surface area (Å²) in [6.07, 6.45) is 9.42. The van der Waals surface area contributed by atoms with Crippen LogP contribution in [-0.4, -0.2) is 59.2 Å². The lowest BCUT2D eigenvalue weighted by atomic mass is 9.92. The van der Waals surface area contributed by atoms with E-state index in [9.17, 15) is 13.5 Å². The molecule has 1 aromatic heterocycles. The van der Waals surface area contributed by atoms with Gasteiger partial charge in [0.25, 0.3) is 10.0 Å². The fourth-order valence-corrected chi connectivity index (χ4v) is 8.51. The highest BCUT2D eigenvalue weighted by molar-refractivity contribution is 8.33. The summed E-state index contributed by atoms with van der Waals surface area (Å²) in [6.45, 7) is 1.10. The highest BCUT2D eigenvalue weighted by Gasteiger charge is 2.51. The molecule has 1 unspecified atom stereocenters. The quantitative estimate of drug-likeness (QED) is 0.505. The largest absolute Gasteiger partial charge is 0.382 e. The molecule has 3 rings (SSSR count). The van der Waals surface area contributed by atoms with Crippen LogP contribution in [-0.2, 0) is 25.1 Å². The maximum absolute atomic E-state index is 13.0. The van der Waals surface area contributed by atoms with E-state index in [1.165, 1.54) is 16.4 Å². The summed E-state index contributed by atoms with van der Waals surface area (Å²) in [6, 6.07) is 9.97. The van der Waals surface area contributed by atoms with E-state index in [2.05, 4.69) is 0 Å². The molecular formula is C20H27NO5S4. The number of hydrogen-bond acceptors (Lipinski definition) is 8. The van der Waals surface area contributed by atoms with Crippen LogP contribution in [0.2, 0.25) is 0 Å². The molecule has 0 aliphatic carbocycles. The number of hydrogen-bond donors (Lipinski definition) is 1. The van der Waals surface area contributed by atoms with E-state index in [1.54, 1.807) is 71.7 Å². The van der Waals surface area contributed by atoms with Gasteiger partial charge in [0.1, 0.15) is 9.01 Å². The fourth-order valence-electron chi connectivity index (χ4n) is 3.62. The van der Waals surface area contributed by atoms with E-state index in [0.29, 0.717) is 31.6 Å². The number of benzene rings is 1. The average molecular weight is 490 g/mol. The number of ether oxygens (including phenoxy) is 2. The maximum atomic E-state index is 13.0. The Balaban J connectivity index is 2.00. The Morgan fingerprint density at radius 2 is 1.67 bits per heavy atom. The van der Waals surface area contributed by atoms with Gasteiger partial charge >= 0.3 is 0 Å². The minimum Gasteiger partial charge on any atom is -0.382 e. The van der Waals surface area contributed by atoms with Crippen LogP contribution in [0.3, 0.4) is 0 Å².